The molecule has 0 bridgehead atoms. The number of halogens is 1. The number of nitrogens with zero attached hydrogens (tertiary/aromatic N) is 2. The standard InChI is InChI=1S/C30H36BrN3O4S/c1-5-23(3)32-30(36)28(18-24-10-7-6-8-11-24)33(20-25-16-14-22(2)15-17-25)29(35)21-34(39(4,37)38)27-13-9-12-26(31)19-27/h6-17,19,23,28H,5,18,20-21H2,1-4H3,(H,32,36)/t23-,28+/m0/s1. The Morgan fingerprint density at radius 2 is 1.62 bits per heavy atom. The number of hydrogen-bond donors (Lipinski definition) is 1. The topological polar surface area (TPSA) is 86.8 Å². The zero-order valence-corrected chi connectivity index (χ0v) is 25.2. The van der Waals surface area contributed by atoms with Crippen LogP contribution in [-0.4, -0.2) is 50.0 Å². The Balaban J connectivity index is 2.05. The highest BCUT2D eigenvalue weighted by molar-refractivity contribution is 9.10. The van der Waals surface area contributed by atoms with E-state index in [4.69, 9.17) is 0 Å². The van der Waals surface area contributed by atoms with Crippen molar-refractivity contribution in [3.05, 3.63) is 100 Å². The van der Waals surface area contributed by atoms with Crippen molar-refractivity contribution in [2.45, 2.75) is 52.2 Å². The van der Waals surface area contributed by atoms with Crippen LogP contribution in [-0.2, 0) is 32.6 Å². The first-order chi connectivity index (χ1) is 18.5. The van der Waals surface area contributed by atoms with E-state index in [9.17, 15) is 18.0 Å². The van der Waals surface area contributed by atoms with E-state index in [1.807, 2.05) is 75.4 Å². The summed E-state index contributed by atoms with van der Waals surface area (Å²) in [5.41, 5.74) is 3.18. The summed E-state index contributed by atoms with van der Waals surface area (Å²) in [5, 5.41) is 3.03. The molecule has 0 aliphatic carbocycles. The fourth-order valence-electron chi connectivity index (χ4n) is 4.13. The predicted octanol–water partition coefficient (Wildman–Crippen LogP) is 5.08. The maximum absolute atomic E-state index is 14.0. The van der Waals surface area contributed by atoms with Crippen LogP contribution in [0.1, 0.15) is 37.0 Å². The molecule has 3 aromatic rings. The zero-order valence-electron chi connectivity index (χ0n) is 22.8. The van der Waals surface area contributed by atoms with Crippen molar-refractivity contribution in [1.29, 1.82) is 0 Å². The Kier molecular flexibility index (Phi) is 10.7. The summed E-state index contributed by atoms with van der Waals surface area (Å²) in [6.45, 7) is 5.59. The highest BCUT2D eigenvalue weighted by atomic mass is 79.9. The van der Waals surface area contributed by atoms with Crippen LogP contribution in [0.4, 0.5) is 5.69 Å². The second-order valence-corrected chi connectivity index (χ2v) is 12.6. The Morgan fingerprint density at radius 1 is 0.949 bits per heavy atom. The van der Waals surface area contributed by atoms with Gasteiger partial charge in [-0.2, -0.15) is 0 Å². The van der Waals surface area contributed by atoms with Crippen molar-refractivity contribution in [3.63, 3.8) is 0 Å². The van der Waals surface area contributed by atoms with Crippen molar-refractivity contribution < 1.29 is 18.0 Å². The summed E-state index contributed by atoms with van der Waals surface area (Å²) in [7, 11) is -3.81. The summed E-state index contributed by atoms with van der Waals surface area (Å²) >= 11 is 3.38. The Bertz CT molecular complexity index is 1360. The SMILES string of the molecule is CC[C@H](C)NC(=O)[C@@H](Cc1ccccc1)N(Cc1ccc(C)cc1)C(=O)CN(c1cccc(Br)c1)S(C)(=O)=O. The van der Waals surface area contributed by atoms with E-state index in [0.29, 0.717) is 10.2 Å². The third-order valence-electron chi connectivity index (χ3n) is 6.52. The lowest BCUT2D eigenvalue weighted by Gasteiger charge is -2.34. The molecule has 0 heterocycles. The van der Waals surface area contributed by atoms with Crippen molar-refractivity contribution in [2.24, 2.45) is 0 Å². The maximum atomic E-state index is 14.0. The minimum Gasteiger partial charge on any atom is -0.352 e. The molecule has 0 unspecified atom stereocenters. The van der Waals surface area contributed by atoms with Gasteiger partial charge in [-0.15, -0.1) is 0 Å². The lowest BCUT2D eigenvalue weighted by Crippen LogP contribution is -2.54. The number of amides is 2. The molecule has 39 heavy (non-hydrogen) atoms. The highest BCUT2D eigenvalue weighted by Gasteiger charge is 2.33. The number of benzene rings is 3. The third kappa shape index (κ3) is 8.93. The molecule has 0 saturated heterocycles. The number of nitrogens with one attached hydrogen (secondary N) is 1. The van der Waals surface area contributed by atoms with E-state index in [1.165, 1.54) is 4.90 Å². The summed E-state index contributed by atoms with van der Waals surface area (Å²) < 4.78 is 27.4. The van der Waals surface area contributed by atoms with Crippen LogP contribution in [0.25, 0.3) is 0 Å². The van der Waals surface area contributed by atoms with Crippen LogP contribution in [0, 0.1) is 6.92 Å². The van der Waals surface area contributed by atoms with Gasteiger partial charge in [-0.3, -0.25) is 13.9 Å². The molecular weight excluding hydrogens is 578 g/mol. The van der Waals surface area contributed by atoms with Crippen LogP contribution in [0.3, 0.4) is 0 Å². The number of sulfonamides is 1. The number of carbonyl (C=O) groups excluding carboxylic acids is 2. The Hall–Kier alpha value is -3.17. The molecule has 3 aromatic carbocycles. The largest absolute Gasteiger partial charge is 0.352 e. The smallest absolute Gasteiger partial charge is 0.244 e. The molecule has 2 amide bonds. The van der Waals surface area contributed by atoms with Crippen molar-refractivity contribution >= 4 is 43.5 Å². The molecule has 0 aromatic heterocycles. The number of hydrogen-bond acceptors (Lipinski definition) is 4. The van der Waals surface area contributed by atoms with Gasteiger partial charge >= 0.3 is 0 Å². The van der Waals surface area contributed by atoms with Gasteiger partial charge in [0.2, 0.25) is 21.8 Å². The van der Waals surface area contributed by atoms with Gasteiger partial charge in [-0.05, 0) is 49.6 Å². The lowest BCUT2D eigenvalue weighted by molar-refractivity contribution is -0.140. The second kappa shape index (κ2) is 13.8. The van der Waals surface area contributed by atoms with Crippen LogP contribution in [0.5, 0.6) is 0 Å². The quantitative estimate of drug-likeness (QED) is 0.309. The fraction of sp³-hybridized carbons (Fsp3) is 0.333. The molecular formula is C30H36BrN3O4S. The van der Waals surface area contributed by atoms with Gasteiger partial charge in [0.15, 0.2) is 0 Å². The summed E-state index contributed by atoms with van der Waals surface area (Å²) in [6, 6.07) is 23.1. The van der Waals surface area contributed by atoms with E-state index >= 15 is 0 Å². The third-order valence-corrected chi connectivity index (χ3v) is 8.15. The zero-order chi connectivity index (χ0) is 28.6. The first-order valence-corrected chi connectivity index (χ1v) is 15.5. The monoisotopic (exact) mass is 613 g/mol. The van der Waals surface area contributed by atoms with Crippen molar-refractivity contribution in [3.8, 4) is 0 Å². The van der Waals surface area contributed by atoms with Crippen molar-refractivity contribution in [2.75, 3.05) is 17.1 Å². The van der Waals surface area contributed by atoms with Gasteiger partial charge in [-0.1, -0.05) is 89.1 Å². The van der Waals surface area contributed by atoms with Gasteiger partial charge in [0.05, 0.1) is 11.9 Å². The molecule has 1 N–H and O–H groups in total. The molecule has 3 rings (SSSR count). The average molecular weight is 615 g/mol. The molecule has 0 radical (unpaired) electrons. The summed E-state index contributed by atoms with van der Waals surface area (Å²) in [6.07, 6.45) is 2.10. The second-order valence-electron chi connectivity index (χ2n) is 9.78. The molecule has 0 fully saturated rings. The molecule has 2 atom stereocenters. The minimum atomic E-state index is -3.81. The number of carbonyl (C=O) groups is 2. The number of anilines is 1. The van der Waals surface area contributed by atoms with E-state index in [1.54, 1.807) is 24.3 Å². The van der Waals surface area contributed by atoms with Crippen LogP contribution < -0.4 is 9.62 Å². The van der Waals surface area contributed by atoms with Crippen LogP contribution in [0.2, 0.25) is 0 Å². The molecule has 9 heteroatoms. The Morgan fingerprint density at radius 3 is 2.21 bits per heavy atom. The molecule has 208 valence electrons. The van der Waals surface area contributed by atoms with E-state index in [2.05, 4.69) is 21.2 Å². The first-order valence-electron chi connectivity index (χ1n) is 12.9. The maximum Gasteiger partial charge on any atom is 0.244 e. The highest BCUT2D eigenvalue weighted by Crippen LogP contribution is 2.23. The molecule has 0 spiro atoms. The van der Waals surface area contributed by atoms with Gasteiger partial charge < -0.3 is 10.2 Å². The number of aryl methyl sites for hydroxylation is 1. The van der Waals surface area contributed by atoms with Gasteiger partial charge in [0, 0.05) is 23.5 Å². The fourth-order valence-corrected chi connectivity index (χ4v) is 5.36. The van der Waals surface area contributed by atoms with Gasteiger partial charge in [0.25, 0.3) is 0 Å². The summed E-state index contributed by atoms with van der Waals surface area (Å²) in [4.78, 5) is 29.2. The predicted molar refractivity (Wildman–Crippen MR) is 160 cm³/mol. The van der Waals surface area contributed by atoms with Gasteiger partial charge in [0.1, 0.15) is 12.6 Å². The molecule has 0 aliphatic heterocycles. The van der Waals surface area contributed by atoms with E-state index in [-0.39, 0.29) is 24.9 Å². The molecule has 0 saturated carbocycles. The van der Waals surface area contributed by atoms with E-state index < -0.39 is 28.5 Å². The minimum absolute atomic E-state index is 0.0821. The summed E-state index contributed by atoms with van der Waals surface area (Å²) in [5.74, 6) is -0.747. The molecule has 7 nitrogen and oxygen atoms in total. The lowest BCUT2D eigenvalue weighted by atomic mass is 10.0. The van der Waals surface area contributed by atoms with Crippen LogP contribution in [0.15, 0.2) is 83.3 Å². The van der Waals surface area contributed by atoms with Crippen molar-refractivity contribution in [1.82, 2.24) is 10.2 Å². The normalized spacial score (nSPS) is 12.8. The first kappa shape index (κ1) is 30.4. The Labute approximate surface area is 240 Å². The van der Waals surface area contributed by atoms with Gasteiger partial charge in [-0.25, -0.2) is 8.42 Å². The van der Waals surface area contributed by atoms with Crippen LogP contribution >= 0.6 is 15.9 Å². The average Bonchev–Trinajstić information content (AvgIpc) is 2.90. The van der Waals surface area contributed by atoms with E-state index in [0.717, 1.165) is 33.7 Å². The number of rotatable bonds is 12. The molecule has 0 aliphatic rings.